The number of para-hydroxylation sites is 1. The highest BCUT2D eigenvalue weighted by molar-refractivity contribution is 5.78. The number of H-pyrrole nitrogens is 1. The van der Waals surface area contributed by atoms with Crippen molar-refractivity contribution in [1.29, 1.82) is 0 Å². The van der Waals surface area contributed by atoms with E-state index in [0.29, 0.717) is 41.4 Å². The van der Waals surface area contributed by atoms with Crippen LogP contribution in [0.3, 0.4) is 0 Å². The maximum absolute atomic E-state index is 13.9. The van der Waals surface area contributed by atoms with Crippen LogP contribution in [0.5, 0.6) is 6.01 Å². The van der Waals surface area contributed by atoms with E-state index >= 15 is 0 Å². The minimum absolute atomic E-state index is 0.0549. The summed E-state index contributed by atoms with van der Waals surface area (Å²) in [7, 11) is 0. The van der Waals surface area contributed by atoms with Crippen LogP contribution in [-0.4, -0.2) is 31.2 Å². The van der Waals surface area contributed by atoms with Crippen molar-refractivity contribution in [3.8, 4) is 11.7 Å². The van der Waals surface area contributed by atoms with Gasteiger partial charge in [-0.1, -0.05) is 42.5 Å². The van der Waals surface area contributed by atoms with Gasteiger partial charge in [-0.05, 0) is 41.5 Å². The lowest BCUT2D eigenvalue weighted by atomic mass is 10.1. The fraction of sp³-hybridized carbons (Fsp3) is 0.207. The van der Waals surface area contributed by atoms with E-state index in [-0.39, 0.29) is 36.8 Å². The van der Waals surface area contributed by atoms with Gasteiger partial charge < -0.3 is 19.7 Å². The van der Waals surface area contributed by atoms with Crippen LogP contribution in [0.1, 0.15) is 27.9 Å². The zero-order valence-electron chi connectivity index (χ0n) is 21.2. The van der Waals surface area contributed by atoms with E-state index in [1.54, 1.807) is 24.3 Å². The Labute approximate surface area is 226 Å². The average molecular weight is 548 g/mol. The normalized spacial score (nSPS) is 13.4. The lowest BCUT2D eigenvalue weighted by molar-refractivity contribution is -0.137. The number of aromatic amines is 1. The van der Waals surface area contributed by atoms with Crippen molar-refractivity contribution in [3.63, 3.8) is 0 Å². The minimum atomic E-state index is -4.46. The second kappa shape index (κ2) is 10.2. The second-order valence-electron chi connectivity index (χ2n) is 9.52. The van der Waals surface area contributed by atoms with Crippen molar-refractivity contribution in [2.75, 3.05) is 11.4 Å². The van der Waals surface area contributed by atoms with Crippen molar-refractivity contribution in [2.45, 2.75) is 32.4 Å². The first kappa shape index (κ1) is 25.6. The molecule has 1 aliphatic heterocycles. The number of nitrogens with one attached hydrogen (secondary N) is 1. The molecule has 3 aromatic carbocycles. The predicted octanol–water partition coefficient (Wildman–Crippen LogP) is 4.76. The third kappa shape index (κ3) is 4.91. The van der Waals surface area contributed by atoms with Crippen LogP contribution in [0.15, 0.2) is 77.6 Å². The van der Waals surface area contributed by atoms with E-state index in [9.17, 15) is 23.1 Å². The molecule has 11 heteroatoms. The Morgan fingerprint density at radius 1 is 0.975 bits per heavy atom. The first-order valence-electron chi connectivity index (χ1n) is 12.6. The first-order chi connectivity index (χ1) is 19.3. The van der Waals surface area contributed by atoms with E-state index in [4.69, 9.17) is 9.72 Å². The summed E-state index contributed by atoms with van der Waals surface area (Å²) in [6.07, 6.45) is -4.03. The van der Waals surface area contributed by atoms with Gasteiger partial charge in [-0.25, -0.2) is 14.5 Å². The van der Waals surface area contributed by atoms with E-state index < -0.39 is 11.7 Å². The smallest absolute Gasteiger partial charge is 0.416 e. The Bertz CT molecular complexity index is 1730. The Morgan fingerprint density at radius 2 is 1.73 bits per heavy atom. The van der Waals surface area contributed by atoms with Crippen LogP contribution >= 0.6 is 0 Å². The molecule has 0 fully saturated rings. The number of imidazole rings is 1. The highest BCUT2D eigenvalue weighted by Gasteiger charge is 2.31. The fourth-order valence-corrected chi connectivity index (χ4v) is 4.75. The Balaban J connectivity index is 1.33. The monoisotopic (exact) mass is 547 g/mol. The molecule has 6 rings (SSSR count). The molecule has 0 amide bonds. The molecule has 0 saturated heterocycles. The quantitative estimate of drug-likeness (QED) is 0.318. The van der Waals surface area contributed by atoms with Crippen molar-refractivity contribution < 1.29 is 23.0 Å². The molecule has 0 spiro atoms. The van der Waals surface area contributed by atoms with Gasteiger partial charge in [0.2, 0.25) is 5.95 Å². The molecule has 5 aromatic rings. The lowest BCUT2D eigenvalue weighted by Crippen LogP contribution is -2.38. The zero-order chi connectivity index (χ0) is 27.9. The van der Waals surface area contributed by atoms with Crippen molar-refractivity contribution >= 4 is 17.0 Å². The second-order valence-corrected chi connectivity index (χ2v) is 9.52. The molecule has 1 aliphatic rings. The Kier molecular flexibility index (Phi) is 6.51. The summed E-state index contributed by atoms with van der Waals surface area (Å²) in [6, 6.07) is 19.9. The van der Waals surface area contributed by atoms with Crippen LogP contribution < -0.4 is 15.2 Å². The lowest BCUT2D eigenvalue weighted by Gasteiger charge is -2.28. The van der Waals surface area contributed by atoms with Gasteiger partial charge in [-0.2, -0.15) is 13.2 Å². The summed E-state index contributed by atoms with van der Waals surface area (Å²) in [4.78, 5) is 27.9. The van der Waals surface area contributed by atoms with Crippen LogP contribution in [0.4, 0.5) is 19.1 Å². The maximum atomic E-state index is 13.9. The topological polar surface area (TPSA) is 96.3 Å². The van der Waals surface area contributed by atoms with Gasteiger partial charge >= 0.3 is 12.2 Å². The van der Waals surface area contributed by atoms with Crippen molar-refractivity contribution in [3.05, 3.63) is 111 Å². The number of alkyl halides is 3. The number of hydrogen-bond acceptors (Lipinski definition) is 6. The SMILES string of the molecule is O=c1c2c(nc(OCc3ccc(CO)cc3)n1-c1ccccc1)CCN(c1nc3ccc(C(F)(F)F)cc3[nH]1)C2. The number of aromatic nitrogens is 4. The highest BCUT2D eigenvalue weighted by atomic mass is 19.4. The largest absolute Gasteiger partial charge is 0.459 e. The van der Waals surface area contributed by atoms with Crippen LogP contribution in [-0.2, 0) is 32.4 Å². The maximum Gasteiger partial charge on any atom is 0.416 e. The molecule has 204 valence electrons. The van der Waals surface area contributed by atoms with Crippen molar-refractivity contribution in [1.82, 2.24) is 19.5 Å². The number of rotatable bonds is 6. The third-order valence-corrected chi connectivity index (χ3v) is 6.88. The van der Waals surface area contributed by atoms with Crippen LogP contribution in [0.25, 0.3) is 16.7 Å². The number of benzene rings is 3. The molecule has 0 aliphatic carbocycles. The van der Waals surface area contributed by atoms with Crippen LogP contribution in [0, 0.1) is 0 Å². The molecule has 0 radical (unpaired) electrons. The van der Waals surface area contributed by atoms with Gasteiger partial charge in [0.1, 0.15) is 6.61 Å². The molecule has 2 N–H and O–H groups in total. The summed E-state index contributed by atoms with van der Waals surface area (Å²) < 4.78 is 47.0. The van der Waals surface area contributed by atoms with Crippen LogP contribution in [0.2, 0.25) is 0 Å². The minimum Gasteiger partial charge on any atom is -0.459 e. The number of halogens is 3. The van der Waals surface area contributed by atoms with E-state index in [0.717, 1.165) is 23.3 Å². The molecule has 2 aromatic heterocycles. The fourth-order valence-electron chi connectivity index (χ4n) is 4.75. The van der Waals surface area contributed by atoms with Gasteiger partial charge in [-0.3, -0.25) is 4.79 Å². The Morgan fingerprint density at radius 3 is 2.45 bits per heavy atom. The summed E-state index contributed by atoms with van der Waals surface area (Å²) in [5.74, 6) is 0.386. The summed E-state index contributed by atoms with van der Waals surface area (Å²) in [5, 5.41) is 9.28. The number of fused-ring (bicyclic) bond motifs is 2. The first-order valence-corrected chi connectivity index (χ1v) is 12.6. The molecule has 40 heavy (non-hydrogen) atoms. The molecular formula is C29H24F3N5O3. The summed E-state index contributed by atoms with van der Waals surface area (Å²) in [6.45, 7) is 0.765. The molecule has 0 atom stereocenters. The van der Waals surface area contributed by atoms with E-state index in [1.165, 1.54) is 10.6 Å². The molecule has 0 saturated carbocycles. The zero-order valence-corrected chi connectivity index (χ0v) is 21.2. The van der Waals surface area contributed by atoms with Gasteiger partial charge in [0.25, 0.3) is 5.56 Å². The summed E-state index contributed by atoms with van der Waals surface area (Å²) >= 11 is 0. The number of hydrogen-bond donors (Lipinski definition) is 2. The Hall–Kier alpha value is -4.64. The van der Waals surface area contributed by atoms with Crippen molar-refractivity contribution in [2.24, 2.45) is 0 Å². The molecule has 0 bridgehead atoms. The molecular weight excluding hydrogens is 523 g/mol. The van der Waals surface area contributed by atoms with E-state index in [1.807, 2.05) is 35.2 Å². The molecule has 0 unspecified atom stereocenters. The van der Waals surface area contributed by atoms with Gasteiger partial charge in [0, 0.05) is 13.0 Å². The summed E-state index contributed by atoms with van der Waals surface area (Å²) in [5.41, 5.74) is 2.93. The predicted molar refractivity (Wildman–Crippen MR) is 142 cm³/mol. The number of anilines is 1. The highest BCUT2D eigenvalue weighted by Crippen LogP contribution is 2.32. The molecule has 3 heterocycles. The number of aliphatic hydroxyl groups is 1. The number of ether oxygens (including phenoxy) is 1. The van der Waals surface area contributed by atoms with Gasteiger partial charge in [0.05, 0.1) is 46.7 Å². The average Bonchev–Trinajstić information content (AvgIpc) is 3.40. The number of aliphatic hydroxyl groups excluding tert-OH is 1. The van der Waals surface area contributed by atoms with E-state index in [2.05, 4.69) is 9.97 Å². The third-order valence-electron chi connectivity index (χ3n) is 6.88. The number of nitrogens with zero attached hydrogens (tertiary/aromatic N) is 4. The van der Waals surface area contributed by atoms with Gasteiger partial charge in [0.15, 0.2) is 0 Å². The van der Waals surface area contributed by atoms with Gasteiger partial charge in [-0.15, -0.1) is 0 Å². The molecule has 8 nitrogen and oxygen atoms in total. The standard InChI is InChI=1S/C29H24F3N5O3/c30-29(31,32)20-10-11-24-25(14-20)34-27(33-24)36-13-12-23-22(15-36)26(39)37(21-4-2-1-3-5-21)28(35-23)40-17-19-8-6-18(16-38)7-9-19/h1-11,14,38H,12-13,15-17H2,(H,33,34).